The fourth-order valence-electron chi connectivity index (χ4n) is 3.95. The molecule has 0 spiro atoms. The van der Waals surface area contributed by atoms with Crippen molar-refractivity contribution in [3.63, 3.8) is 0 Å². The van der Waals surface area contributed by atoms with E-state index < -0.39 is 0 Å². The third-order valence-corrected chi connectivity index (χ3v) is 6.45. The maximum atomic E-state index is 12.9. The molecule has 1 atom stereocenters. The second-order valence-electron chi connectivity index (χ2n) is 7.35. The molecular formula is C19H26N4OS. The SMILES string of the molecule is Cn1cnc2c1C(C(=O)NCCc1cccs1)CN(CC1CCC1)C2. The fourth-order valence-corrected chi connectivity index (χ4v) is 4.66. The number of thiophene rings is 1. The number of hydrogen-bond donors (Lipinski definition) is 1. The lowest BCUT2D eigenvalue weighted by Crippen LogP contribution is -2.44. The Morgan fingerprint density at radius 1 is 1.44 bits per heavy atom. The van der Waals surface area contributed by atoms with E-state index >= 15 is 0 Å². The van der Waals surface area contributed by atoms with Gasteiger partial charge in [0.05, 0.1) is 23.6 Å². The molecule has 25 heavy (non-hydrogen) atoms. The monoisotopic (exact) mass is 358 g/mol. The summed E-state index contributed by atoms with van der Waals surface area (Å²) in [5, 5.41) is 5.23. The highest BCUT2D eigenvalue weighted by atomic mass is 32.1. The van der Waals surface area contributed by atoms with E-state index in [1.807, 2.05) is 17.9 Å². The average Bonchev–Trinajstić information content (AvgIpc) is 3.20. The maximum absolute atomic E-state index is 12.9. The highest BCUT2D eigenvalue weighted by Gasteiger charge is 2.35. The fraction of sp³-hybridized carbons (Fsp3) is 0.579. The van der Waals surface area contributed by atoms with Crippen molar-refractivity contribution in [2.75, 3.05) is 19.6 Å². The Bertz CT molecular complexity index is 720. The standard InChI is InChI=1S/C19H26N4OS/c1-22-13-21-17-12-23(10-14-4-2-5-14)11-16(18(17)22)19(24)20-8-7-15-6-3-9-25-15/h3,6,9,13-14,16H,2,4-5,7-8,10-12H2,1H3,(H,20,24). The summed E-state index contributed by atoms with van der Waals surface area (Å²) in [6, 6.07) is 4.18. The van der Waals surface area contributed by atoms with E-state index in [-0.39, 0.29) is 11.8 Å². The van der Waals surface area contributed by atoms with Crippen LogP contribution in [0, 0.1) is 5.92 Å². The first kappa shape index (κ1) is 16.8. The third kappa shape index (κ3) is 3.65. The molecule has 2 aromatic heterocycles. The summed E-state index contributed by atoms with van der Waals surface area (Å²) < 4.78 is 2.03. The zero-order valence-electron chi connectivity index (χ0n) is 14.8. The van der Waals surface area contributed by atoms with E-state index in [9.17, 15) is 4.79 Å². The lowest BCUT2D eigenvalue weighted by atomic mass is 9.84. The second kappa shape index (κ2) is 7.30. The normalized spacial score (nSPS) is 20.9. The molecule has 134 valence electrons. The van der Waals surface area contributed by atoms with Gasteiger partial charge < -0.3 is 9.88 Å². The number of carbonyl (C=O) groups excluding carboxylic acids is 1. The van der Waals surface area contributed by atoms with E-state index in [1.54, 1.807) is 11.3 Å². The van der Waals surface area contributed by atoms with Gasteiger partial charge in [0.1, 0.15) is 0 Å². The molecule has 0 bridgehead atoms. The summed E-state index contributed by atoms with van der Waals surface area (Å²) in [6.07, 6.45) is 6.79. The van der Waals surface area contributed by atoms with Crippen molar-refractivity contribution < 1.29 is 4.79 Å². The van der Waals surface area contributed by atoms with Crippen LogP contribution < -0.4 is 5.32 Å². The number of nitrogens with zero attached hydrogens (tertiary/aromatic N) is 3. The number of nitrogens with one attached hydrogen (secondary N) is 1. The Balaban J connectivity index is 1.42. The summed E-state index contributed by atoms with van der Waals surface area (Å²) in [4.78, 5) is 21.2. The number of aryl methyl sites for hydroxylation is 1. The first-order chi connectivity index (χ1) is 12.2. The van der Waals surface area contributed by atoms with Gasteiger partial charge in [-0.3, -0.25) is 9.69 Å². The predicted molar refractivity (Wildman–Crippen MR) is 99.6 cm³/mol. The number of amides is 1. The second-order valence-corrected chi connectivity index (χ2v) is 8.38. The minimum atomic E-state index is -0.111. The highest BCUT2D eigenvalue weighted by Crippen LogP contribution is 2.32. The molecule has 1 unspecified atom stereocenters. The molecule has 1 amide bonds. The van der Waals surface area contributed by atoms with Gasteiger partial charge in [-0.2, -0.15) is 0 Å². The predicted octanol–water partition coefficient (Wildman–Crippen LogP) is 2.54. The quantitative estimate of drug-likeness (QED) is 0.863. The Kier molecular flexibility index (Phi) is 4.90. The molecule has 1 N–H and O–H groups in total. The van der Waals surface area contributed by atoms with Gasteiger partial charge in [0.15, 0.2) is 0 Å². The van der Waals surface area contributed by atoms with Gasteiger partial charge in [0.25, 0.3) is 0 Å². The first-order valence-corrected chi connectivity index (χ1v) is 10.1. The molecule has 1 aliphatic heterocycles. The molecule has 0 saturated heterocycles. The summed E-state index contributed by atoms with van der Waals surface area (Å²) in [7, 11) is 2.00. The van der Waals surface area contributed by atoms with Crippen molar-refractivity contribution in [1.29, 1.82) is 0 Å². The van der Waals surface area contributed by atoms with Crippen LogP contribution in [0.15, 0.2) is 23.8 Å². The molecule has 0 radical (unpaired) electrons. The molecule has 5 nitrogen and oxygen atoms in total. The van der Waals surface area contributed by atoms with Crippen LogP contribution in [-0.4, -0.2) is 40.0 Å². The molecule has 3 heterocycles. The molecule has 1 aliphatic carbocycles. The topological polar surface area (TPSA) is 50.2 Å². The molecular weight excluding hydrogens is 332 g/mol. The van der Waals surface area contributed by atoms with Crippen LogP contribution in [0.3, 0.4) is 0 Å². The van der Waals surface area contributed by atoms with Gasteiger partial charge in [0, 0.05) is 38.1 Å². The van der Waals surface area contributed by atoms with Crippen LogP contribution in [0.25, 0.3) is 0 Å². The van der Waals surface area contributed by atoms with Gasteiger partial charge in [-0.25, -0.2) is 4.98 Å². The third-order valence-electron chi connectivity index (χ3n) is 5.52. The molecule has 1 fully saturated rings. The van der Waals surface area contributed by atoms with E-state index in [2.05, 4.69) is 32.7 Å². The van der Waals surface area contributed by atoms with E-state index in [0.29, 0.717) is 6.54 Å². The zero-order valence-corrected chi connectivity index (χ0v) is 15.6. The van der Waals surface area contributed by atoms with Crippen LogP contribution in [0.4, 0.5) is 0 Å². The van der Waals surface area contributed by atoms with Crippen molar-refractivity contribution >= 4 is 17.2 Å². The van der Waals surface area contributed by atoms with E-state index in [1.165, 1.54) is 24.1 Å². The van der Waals surface area contributed by atoms with Crippen molar-refractivity contribution in [1.82, 2.24) is 19.8 Å². The Hall–Kier alpha value is -1.66. The van der Waals surface area contributed by atoms with Gasteiger partial charge in [-0.1, -0.05) is 12.5 Å². The number of carbonyl (C=O) groups is 1. The van der Waals surface area contributed by atoms with Crippen molar-refractivity contribution in [2.24, 2.45) is 13.0 Å². The number of rotatable bonds is 6. The lowest BCUT2D eigenvalue weighted by Gasteiger charge is -2.37. The Labute approximate surface area is 153 Å². The maximum Gasteiger partial charge on any atom is 0.230 e. The van der Waals surface area contributed by atoms with Crippen LogP contribution in [-0.2, 0) is 24.8 Å². The Morgan fingerprint density at radius 2 is 2.32 bits per heavy atom. The molecule has 2 aliphatic rings. The minimum Gasteiger partial charge on any atom is -0.355 e. The molecule has 0 aromatic carbocycles. The van der Waals surface area contributed by atoms with Crippen LogP contribution >= 0.6 is 11.3 Å². The molecule has 6 heteroatoms. The molecule has 1 saturated carbocycles. The van der Waals surface area contributed by atoms with Gasteiger partial charge in [-0.05, 0) is 36.6 Å². The summed E-state index contributed by atoms with van der Waals surface area (Å²) >= 11 is 1.75. The highest BCUT2D eigenvalue weighted by molar-refractivity contribution is 7.09. The molecule has 2 aromatic rings. The van der Waals surface area contributed by atoms with Crippen molar-refractivity contribution in [3.8, 4) is 0 Å². The lowest BCUT2D eigenvalue weighted by molar-refractivity contribution is -0.123. The summed E-state index contributed by atoms with van der Waals surface area (Å²) in [5.41, 5.74) is 2.17. The largest absolute Gasteiger partial charge is 0.355 e. The van der Waals surface area contributed by atoms with Crippen LogP contribution in [0.2, 0.25) is 0 Å². The summed E-state index contributed by atoms with van der Waals surface area (Å²) in [6.45, 7) is 3.50. The van der Waals surface area contributed by atoms with Gasteiger partial charge >= 0.3 is 0 Å². The first-order valence-electron chi connectivity index (χ1n) is 9.23. The average molecular weight is 359 g/mol. The number of aromatic nitrogens is 2. The van der Waals surface area contributed by atoms with Crippen LogP contribution in [0.5, 0.6) is 0 Å². The Morgan fingerprint density at radius 3 is 3.04 bits per heavy atom. The van der Waals surface area contributed by atoms with Crippen LogP contribution in [0.1, 0.15) is 41.4 Å². The van der Waals surface area contributed by atoms with E-state index in [4.69, 9.17) is 0 Å². The van der Waals surface area contributed by atoms with Crippen molar-refractivity contribution in [2.45, 2.75) is 38.1 Å². The zero-order chi connectivity index (χ0) is 17.2. The van der Waals surface area contributed by atoms with Gasteiger partial charge in [0.2, 0.25) is 5.91 Å². The summed E-state index contributed by atoms with van der Waals surface area (Å²) in [5.74, 6) is 0.840. The van der Waals surface area contributed by atoms with Crippen molar-refractivity contribution in [3.05, 3.63) is 40.1 Å². The minimum absolute atomic E-state index is 0.111. The van der Waals surface area contributed by atoms with Gasteiger partial charge in [-0.15, -0.1) is 11.3 Å². The van der Waals surface area contributed by atoms with E-state index in [0.717, 1.165) is 43.4 Å². The number of fused-ring (bicyclic) bond motifs is 1. The number of imidazole rings is 1. The smallest absolute Gasteiger partial charge is 0.230 e. The number of hydrogen-bond acceptors (Lipinski definition) is 4. The molecule has 4 rings (SSSR count).